The zero-order chi connectivity index (χ0) is 8.27. The summed E-state index contributed by atoms with van der Waals surface area (Å²) < 4.78 is 2.19. The maximum atomic E-state index is 8.46. The minimum absolute atomic E-state index is 0.470. The Hall–Kier alpha value is -0.0800. The summed E-state index contributed by atoms with van der Waals surface area (Å²) in [4.78, 5) is 0. The smallest absolute Gasteiger partial charge is 0.0670 e. The summed E-state index contributed by atoms with van der Waals surface area (Å²) in [7, 11) is 0. The Morgan fingerprint density at radius 2 is 2.27 bits per heavy atom. The van der Waals surface area contributed by atoms with Crippen molar-refractivity contribution >= 4 is 38.5 Å². The molecule has 0 saturated heterocycles. The highest BCUT2D eigenvalue weighted by Crippen LogP contribution is 2.23. The van der Waals surface area contributed by atoms with E-state index in [1.807, 2.05) is 18.2 Å². The van der Waals surface area contributed by atoms with E-state index in [1.54, 1.807) is 0 Å². The highest BCUT2D eigenvalue weighted by molar-refractivity contribution is 14.1. The summed E-state index contributed by atoms with van der Waals surface area (Å²) in [5.41, 5.74) is 1.06. The first kappa shape index (κ1) is 9.01. The van der Waals surface area contributed by atoms with Crippen molar-refractivity contribution in [1.82, 2.24) is 0 Å². The first-order chi connectivity index (χ1) is 5.25. The van der Waals surface area contributed by atoms with Gasteiger partial charge in [0.2, 0.25) is 0 Å². The molecule has 0 aliphatic carbocycles. The van der Waals surface area contributed by atoms with Gasteiger partial charge in [-0.05, 0) is 50.2 Å². The van der Waals surface area contributed by atoms with Crippen molar-refractivity contribution in [3.05, 3.63) is 31.8 Å². The fourth-order valence-electron chi connectivity index (χ4n) is 0.770. The van der Waals surface area contributed by atoms with E-state index in [2.05, 4.69) is 44.6 Å². The van der Waals surface area contributed by atoms with Crippen LogP contribution in [-0.2, 0) is 6.42 Å². The second-order valence-electron chi connectivity index (χ2n) is 2.05. The molecule has 0 aliphatic heterocycles. The van der Waals surface area contributed by atoms with Crippen molar-refractivity contribution < 1.29 is 0 Å². The molecule has 56 valence electrons. The van der Waals surface area contributed by atoms with Crippen LogP contribution < -0.4 is 0 Å². The van der Waals surface area contributed by atoms with Crippen molar-refractivity contribution in [3.63, 3.8) is 0 Å². The Bertz CT molecular complexity index is 303. The van der Waals surface area contributed by atoms with Gasteiger partial charge in [0.15, 0.2) is 0 Å². The molecule has 3 heteroatoms. The molecule has 0 heterocycles. The minimum atomic E-state index is 0.470. The molecule has 0 radical (unpaired) electrons. The Labute approximate surface area is 87.7 Å². The third-order valence-electron chi connectivity index (χ3n) is 1.30. The second kappa shape index (κ2) is 4.07. The maximum absolute atomic E-state index is 8.46. The van der Waals surface area contributed by atoms with Crippen LogP contribution in [0.2, 0.25) is 0 Å². The summed E-state index contributed by atoms with van der Waals surface area (Å²) in [6, 6.07) is 8.04. The average molecular weight is 322 g/mol. The molecule has 0 amide bonds. The molecule has 0 fully saturated rings. The summed E-state index contributed by atoms with van der Waals surface area (Å²) >= 11 is 5.66. The van der Waals surface area contributed by atoms with Gasteiger partial charge in [0.05, 0.1) is 12.5 Å². The number of halogens is 2. The van der Waals surface area contributed by atoms with Gasteiger partial charge in [-0.1, -0.05) is 12.1 Å². The first-order valence-electron chi connectivity index (χ1n) is 3.05. The summed E-state index contributed by atoms with van der Waals surface area (Å²) in [5, 5.41) is 8.46. The van der Waals surface area contributed by atoms with Crippen molar-refractivity contribution in [2.45, 2.75) is 6.42 Å². The Morgan fingerprint density at radius 1 is 1.55 bits per heavy atom. The Morgan fingerprint density at radius 3 is 2.91 bits per heavy atom. The third kappa shape index (κ3) is 2.17. The van der Waals surface area contributed by atoms with Crippen LogP contribution in [0.5, 0.6) is 0 Å². The molecule has 1 aromatic carbocycles. The maximum Gasteiger partial charge on any atom is 0.0670 e. The van der Waals surface area contributed by atoms with E-state index in [4.69, 9.17) is 5.26 Å². The first-order valence-corrected chi connectivity index (χ1v) is 4.92. The van der Waals surface area contributed by atoms with Gasteiger partial charge in [0.25, 0.3) is 0 Å². The third-order valence-corrected chi connectivity index (χ3v) is 3.88. The predicted octanol–water partition coefficient (Wildman–Crippen LogP) is 3.12. The van der Waals surface area contributed by atoms with E-state index < -0.39 is 0 Å². The largest absolute Gasteiger partial charge is 0.198 e. The van der Waals surface area contributed by atoms with Crippen LogP contribution >= 0.6 is 38.5 Å². The minimum Gasteiger partial charge on any atom is -0.198 e. The van der Waals surface area contributed by atoms with Crippen LogP contribution in [0.25, 0.3) is 0 Å². The number of hydrogen-bond acceptors (Lipinski definition) is 1. The highest BCUT2D eigenvalue weighted by atomic mass is 127. The lowest BCUT2D eigenvalue weighted by molar-refractivity contribution is 1.24. The van der Waals surface area contributed by atoms with Crippen molar-refractivity contribution in [1.29, 1.82) is 5.26 Å². The van der Waals surface area contributed by atoms with Gasteiger partial charge in [0.1, 0.15) is 0 Å². The quantitative estimate of drug-likeness (QED) is 0.729. The lowest BCUT2D eigenvalue weighted by atomic mass is 10.2. The molecule has 0 aliphatic rings. The predicted molar refractivity (Wildman–Crippen MR) is 56.2 cm³/mol. The molecule has 0 bridgehead atoms. The summed E-state index contributed by atoms with van der Waals surface area (Å²) in [6.07, 6.45) is 0.470. The molecule has 0 saturated carbocycles. The fraction of sp³-hybridized carbons (Fsp3) is 0.125. The monoisotopic (exact) mass is 321 g/mol. The molecule has 0 spiro atoms. The standard InChI is InChI=1S/C8H5BrIN/c9-8-6(4-5-11)2-1-3-7(8)10/h1-3H,4H2. The highest BCUT2D eigenvalue weighted by Gasteiger charge is 2.01. The molecule has 0 atom stereocenters. The van der Waals surface area contributed by atoms with Gasteiger partial charge in [-0.15, -0.1) is 0 Å². The van der Waals surface area contributed by atoms with Crippen LogP contribution in [-0.4, -0.2) is 0 Å². The van der Waals surface area contributed by atoms with E-state index in [-0.39, 0.29) is 0 Å². The molecule has 0 aromatic heterocycles. The van der Waals surface area contributed by atoms with Crippen LogP contribution in [0.4, 0.5) is 0 Å². The van der Waals surface area contributed by atoms with Crippen LogP contribution in [0.1, 0.15) is 5.56 Å². The van der Waals surface area contributed by atoms with Gasteiger partial charge in [-0.3, -0.25) is 0 Å². The van der Waals surface area contributed by atoms with Crippen molar-refractivity contribution in [3.8, 4) is 6.07 Å². The number of benzene rings is 1. The summed E-state index contributed by atoms with van der Waals surface area (Å²) in [6.45, 7) is 0. The zero-order valence-electron chi connectivity index (χ0n) is 5.64. The number of hydrogen-bond donors (Lipinski definition) is 0. The number of nitrogens with zero attached hydrogens (tertiary/aromatic N) is 1. The number of rotatable bonds is 1. The second-order valence-corrected chi connectivity index (χ2v) is 4.00. The molecular weight excluding hydrogens is 317 g/mol. The molecule has 0 N–H and O–H groups in total. The zero-order valence-corrected chi connectivity index (χ0v) is 9.39. The van der Waals surface area contributed by atoms with E-state index in [1.165, 1.54) is 0 Å². The number of nitriles is 1. The lowest BCUT2D eigenvalue weighted by Gasteiger charge is -2.00. The van der Waals surface area contributed by atoms with Gasteiger partial charge in [-0.25, -0.2) is 0 Å². The molecule has 11 heavy (non-hydrogen) atoms. The Balaban J connectivity index is 3.08. The normalized spacial score (nSPS) is 9.18. The van der Waals surface area contributed by atoms with E-state index in [9.17, 15) is 0 Å². The molecular formula is C8H5BrIN. The van der Waals surface area contributed by atoms with E-state index >= 15 is 0 Å². The van der Waals surface area contributed by atoms with Crippen LogP contribution in [0, 0.1) is 14.9 Å². The topological polar surface area (TPSA) is 23.8 Å². The lowest BCUT2D eigenvalue weighted by Crippen LogP contribution is -1.85. The van der Waals surface area contributed by atoms with E-state index in [0.717, 1.165) is 13.6 Å². The van der Waals surface area contributed by atoms with Crippen molar-refractivity contribution in [2.24, 2.45) is 0 Å². The van der Waals surface area contributed by atoms with Crippen LogP contribution in [0.3, 0.4) is 0 Å². The fourth-order valence-corrected chi connectivity index (χ4v) is 1.73. The van der Waals surface area contributed by atoms with Crippen molar-refractivity contribution in [2.75, 3.05) is 0 Å². The van der Waals surface area contributed by atoms with Gasteiger partial charge >= 0.3 is 0 Å². The SMILES string of the molecule is N#CCc1cccc(I)c1Br. The van der Waals surface area contributed by atoms with Gasteiger partial charge in [0, 0.05) is 8.04 Å². The molecule has 1 nitrogen and oxygen atoms in total. The molecule has 0 unspecified atom stereocenters. The van der Waals surface area contributed by atoms with Crippen LogP contribution in [0.15, 0.2) is 22.7 Å². The Kier molecular flexibility index (Phi) is 3.34. The average Bonchev–Trinajstić information content (AvgIpc) is 1.99. The van der Waals surface area contributed by atoms with Gasteiger partial charge < -0.3 is 0 Å². The van der Waals surface area contributed by atoms with E-state index in [0.29, 0.717) is 6.42 Å². The molecule has 1 rings (SSSR count). The molecule has 1 aromatic rings. The summed E-state index contributed by atoms with van der Waals surface area (Å²) in [5.74, 6) is 0. The van der Waals surface area contributed by atoms with Gasteiger partial charge in [-0.2, -0.15) is 5.26 Å².